The zero-order chi connectivity index (χ0) is 17.0. The number of hydrogen-bond donors (Lipinski definition) is 1. The average molecular weight is 315 g/mol. The van der Waals surface area contributed by atoms with Gasteiger partial charge < -0.3 is 9.84 Å². The van der Waals surface area contributed by atoms with Crippen molar-refractivity contribution in [3.63, 3.8) is 0 Å². The first kappa shape index (κ1) is 17.3. The molecule has 0 aromatic heterocycles. The molecule has 1 aliphatic heterocycles. The Balaban J connectivity index is 2.30. The van der Waals surface area contributed by atoms with Crippen LogP contribution in [0.2, 0.25) is 0 Å². The van der Waals surface area contributed by atoms with Crippen LogP contribution in [0.3, 0.4) is 0 Å². The SMILES string of the molecule is C=CCCC(O)C(C)(C)N1COC(C)=C(c2ccccc2)C1=O. The monoisotopic (exact) mass is 315 g/mol. The molecule has 1 aromatic rings. The Morgan fingerprint density at radius 2 is 2.04 bits per heavy atom. The third kappa shape index (κ3) is 3.48. The van der Waals surface area contributed by atoms with Crippen molar-refractivity contribution in [3.8, 4) is 0 Å². The lowest BCUT2D eigenvalue weighted by Crippen LogP contribution is -2.57. The Labute approximate surface area is 138 Å². The molecule has 1 amide bonds. The molecule has 0 radical (unpaired) electrons. The number of benzene rings is 1. The topological polar surface area (TPSA) is 49.8 Å². The fourth-order valence-electron chi connectivity index (χ4n) is 2.75. The number of nitrogens with zero attached hydrogens (tertiary/aromatic N) is 1. The molecule has 1 heterocycles. The van der Waals surface area contributed by atoms with Crippen LogP contribution in [0.5, 0.6) is 0 Å². The van der Waals surface area contributed by atoms with E-state index in [1.54, 1.807) is 17.9 Å². The van der Waals surface area contributed by atoms with Crippen LogP contribution in [0.4, 0.5) is 0 Å². The van der Waals surface area contributed by atoms with Gasteiger partial charge >= 0.3 is 0 Å². The predicted octanol–water partition coefficient (Wildman–Crippen LogP) is 3.34. The van der Waals surface area contributed by atoms with E-state index in [4.69, 9.17) is 4.74 Å². The number of amides is 1. The third-order valence-corrected chi connectivity index (χ3v) is 4.44. The Hall–Kier alpha value is -2.07. The Morgan fingerprint density at radius 1 is 1.39 bits per heavy atom. The summed E-state index contributed by atoms with van der Waals surface area (Å²) in [6.45, 7) is 9.37. The van der Waals surface area contributed by atoms with E-state index >= 15 is 0 Å². The molecule has 1 atom stereocenters. The van der Waals surface area contributed by atoms with Gasteiger partial charge in [-0.15, -0.1) is 6.58 Å². The van der Waals surface area contributed by atoms with E-state index in [0.29, 0.717) is 24.2 Å². The lowest BCUT2D eigenvalue weighted by atomic mass is 9.90. The van der Waals surface area contributed by atoms with Crippen molar-refractivity contribution in [2.75, 3.05) is 6.73 Å². The maximum Gasteiger partial charge on any atom is 0.261 e. The maximum absolute atomic E-state index is 13.0. The van der Waals surface area contributed by atoms with Gasteiger partial charge in [0.15, 0.2) is 6.73 Å². The van der Waals surface area contributed by atoms with Crippen LogP contribution >= 0.6 is 0 Å². The summed E-state index contributed by atoms with van der Waals surface area (Å²) in [5.74, 6) is 0.511. The second kappa shape index (κ2) is 7.01. The van der Waals surface area contributed by atoms with Crippen molar-refractivity contribution < 1.29 is 14.6 Å². The van der Waals surface area contributed by atoms with E-state index in [9.17, 15) is 9.90 Å². The standard InChI is InChI=1S/C19H25NO3/c1-5-6-12-16(21)19(3,4)20-13-23-14(2)17(18(20)22)15-10-8-7-9-11-15/h5,7-11,16,21H,1,6,12-13H2,2-4H3. The number of aliphatic hydroxyl groups is 1. The van der Waals surface area contributed by atoms with Crippen LogP contribution in [0.1, 0.15) is 39.2 Å². The highest BCUT2D eigenvalue weighted by Crippen LogP contribution is 2.32. The number of ether oxygens (including phenoxy) is 1. The van der Waals surface area contributed by atoms with Gasteiger partial charge in [-0.05, 0) is 39.2 Å². The molecular weight excluding hydrogens is 290 g/mol. The van der Waals surface area contributed by atoms with E-state index in [1.807, 2.05) is 44.2 Å². The molecule has 1 N–H and O–H groups in total. The quantitative estimate of drug-likeness (QED) is 0.819. The van der Waals surface area contributed by atoms with E-state index in [2.05, 4.69) is 6.58 Å². The Morgan fingerprint density at radius 3 is 2.65 bits per heavy atom. The van der Waals surface area contributed by atoms with Gasteiger partial charge in [0, 0.05) is 0 Å². The minimum absolute atomic E-state index is 0.109. The molecule has 0 bridgehead atoms. The number of rotatable bonds is 6. The summed E-state index contributed by atoms with van der Waals surface area (Å²) in [6, 6.07) is 9.49. The van der Waals surface area contributed by atoms with Crippen LogP contribution in [-0.2, 0) is 9.53 Å². The minimum atomic E-state index is -0.721. The summed E-state index contributed by atoms with van der Waals surface area (Å²) < 4.78 is 5.72. The Kier molecular flexibility index (Phi) is 5.26. The van der Waals surface area contributed by atoms with Gasteiger partial charge in [-0.1, -0.05) is 36.4 Å². The molecule has 0 spiro atoms. The van der Waals surface area contributed by atoms with Crippen LogP contribution in [0, 0.1) is 0 Å². The van der Waals surface area contributed by atoms with E-state index < -0.39 is 11.6 Å². The van der Waals surface area contributed by atoms with Gasteiger partial charge in [0.2, 0.25) is 0 Å². The highest BCUT2D eigenvalue weighted by Gasteiger charge is 2.41. The number of aliphatic hydroxyl groups excluding tert-OH is 1. The molecule has 1 aliphatic rings. The average Bonchev–Trinajstić information content (AvgIpc) is 2.53. The Bertz CT molecular complexity index is 604. The van der Waals surface area contributed by atoms with Crippen LogP contribution in [-0.4, -0.2) is 34.3 Å². The highest BCUT2D eigenvalue weighted by atomic mass is 16.5. The van der Waals surface area contributed by atoms with E-state index in [-0.39, 0.29) is 12.6 Å². The van der Waals surface area contributed by atoms with Crippen LogP contribution in [0.25, 0.3) is 5.57 Å². The molecule has 4 nitrogen and oxygen atoms in total. The van der Waals surface area contributed by atoms with Gasteiger partial charge in [0.25, 0.3) is 5.91 Å². The molecule has 4 heteroatoms. The molecule has 0 saturated heterocycles. The second-order valence-electron chi connectivity index (χ2n) is 6.34. The van der Waals surface area contributed by atoms with Crippen molar-refractivity contribution in [3.05, 3.63) is 54.3 Å². The minimum Gasteiger partial charge on any atom is -0.477 e. The first-order valence-electron chi connectivity index (χ1n) is 7.89. The van der Waals surface area contributed by atoms with Crippen LogP contribution in [0.15, 0.2) is 48.7 Å². The van der Waals surface area contributed by atoms with E-state index in [0.717, 1.165) is 5.56 Å². The zero-order valence-corrected chi connectivity index (χ0v) is 14.1. The molecule has 23 heavy (non-hydrogen) atoms. The largest absolute Gasteiger partial charge is 0.477 e. The van der Waals surface area contributed by atoms with Gasteiger partial charge in [-0.3, -0.25) is 9.69 Å². The molecule has 0 saturated carbocycles. The number of carbonyl (C=O) groups is 1. The van der Waals surface area contributed by atoms with E-state index in [1.165, 1.54) is 0 Å². The summed E-state index contributed by atoms with van der Waals surface area (Å²) in [6.07, 6.45) is 2.38. The number of hydrogen-bond acceptors (Lipinski definition) is 3. The number of carbonyl (C=O) groups excluding carboxylic acids is 1. The van der Waals surface area contributed by atoms with Gasteiger partial charge in [0.1, 0.15) is 5.76 Å². The molecule has 2 rings (SSSR count). The smallest absolute Gasteiger partial charge is 0.261 e. The van der Waals surface area contributed by atoms with Crippen molar-refractivity contribution in [1.82, 2.24) is 4.90 Å². The van der Waals surface area contributed by atoms with Crippen molar-refractivity contribution in [1.29, 1.82) is 0 Å². The highest BCUT2D eigenvalue weighted by molar-refractivity contribution is 6.20. The third-order valence-electron chi connectivity index (χ3n) is 4.44. The van der Waals surface area contributed by atoms with Crippen molar-refractivity contribution >= 4 is 11.5 Å². The molecule has 0 aliphatic carbocycles. The molecule has 1 unspecified atom stereocenters. The zero-order valence-electron chi connectivity index (χ0n) is 14.1. The first-order valence-corrected chi connectivity index (χ1v) is 7.89. The molecule has 1 aromatic carbocycles. The summed E-state index contributed by atoms with van der Waals surface area (Å²) in [4.78, 5) is 14.6. The number of allylic oxidation sites excluding steroid dienone is 2. The summed E-state index contributed by atoms with van der Waals surface area (Å²) in [5, 5.41) is 10.5. The molecule has 0 fully saturated rings. The lowest BCUT2D eigenvalue weighted by molar-refractivity contribution is -0.146. The second-order valence-corrected chi connectivity index (χ2v) is 6.34. The predicted molar refractivity (Wildman–Crippen MR) is 91.4 cm³/mol. The fraction of sp³-hybridized carbons (Fsp3) is 0.421. The summed E-state index contributed by atoms with van der Waals surface area (Å²) in [7, 11) is 0. The van der Waals surface area contributed by atoms with Gasteiger partial charge in [-0.25, -0.2) is 0 Å². The first-order chi connectivity index (χ1) is 10.9. The fourth-order valence-corrected chi connectivity index (χ4v) is 2.75. The van der Waals surface area contributed by atoms with Crippen molar-refractivity contribution in [2.24, 2.45) is 0 Å². The normalized spacial score (nSPS) is 17.0. The van der Waals surface area contributed by atoms with Crippen LogP contribution < -0.4 is 0 Å². The van der Waals surface area contributed by atoms with Crippen molar-refractivity contribution in [2.45, 2.75) is 45.3 Å². The molecular formula is C19H25NO3. The molecule has 124 valence electrons. The van der Waals surface area contributed by atoms with Gasteiger partial charge in [0.05, 0.1) is 17.2 Å². The lowest BCUT2D eigenvalue weighted by Gasteiger charge is -2.44. The maximum atomic E-state index is 13.0. The van der Waals surface area contributed by atoms with Gasteiger partial charge in [-0.2, -0.15) is 0 Å². The summed E-state index contributed by atoms with van der Waals surface area (Å²) in [5.41, 5.74) is 0.665. The summed E-state index contributed by atoms with van der Waals surface area (Å²) >= 11 is 0.